The van der Waals surface area contributed by atoms with Gasteiger partial charge in [-0.05, 0) is 19.5 Å². The maximum absolute atomic E-state index is 11.5. The topological polar surface area (TPSA) is 82.6 Å². The van der Waals surface area contributed by atoms with Crippen LogP contribution in [-0.4, -0.2) is 37.2 Å². The van der Waals surface area contributed by atoms with E-state index in [1.54, 1.807) is 0 Å². The number of nitrogens with one attached hydrogen (secondary N) is 3. The SMILES string of the molecule is CCNCCCNC(=O)C1=NNC(=O)CC1. The molecule has 16 heavy (non-hydrogen) atoms. The quantitative estimate of drug-likeness (QED) is 0.527. The molecule has 1 rings (SSSR count). The van der Waals surface area contributed by atoms with Crippen LogP contribution in [0.5, 0.6) is 0 Å². The molecule has 0 aromatic rings. The van der Waals surface area contributed by atoms with E-state index in [2.05, 4.69) is 21.2 Å². The molecule has 0 saturated heterocycles. The van der Waals surface area contributed by atoms with Crippen molar-refractivity contribution in [2.24, 2.45) is 5.10 Å². The lowest BCUT2D eigenvalue weighted by Gasteiger charge is -2.11. The molecule has 0 aliphatic carbocycles. The molecule has 1 aliphatic heterocycles. The molecule has 0 fully saturated rings. The van der Waals surface area contributed by atoms with Gasteiger partial charge in [0.2, 0.25) is 5.91 Å². The minimum Gasteiger partial charge on any atom is -0.351 e. The van der Waals surface area contributed by atoms with Crippen LogP contribution in [0.1, 0.15) is 26.2 Å². The van der Waals surface area contributed by atoms with E-state index in [9.17, 15) is 9.59 Å². The largest absolute Gasteiger partial charge is 0.351 e. The number of hydrogen-bond acceptors (Lipinski definition) is 4. The van der Waals surface area contributed by atoms with E-state index in [1.807, 2.05) is 6.92 Å². The summed E-state index contributed by atoms with van der Waals surface area (Å²) in [7, 11) is 0. The van der Waals surface area contributed by atoms with E-state index in [0.29, 0.717) is 25.1 Å². The van der Waals surface area contributed by atoms with E-state index in [0.717, 1.165) is 19.5 Å². The molecular formula is C10H18N4O2. The third-order valence-corrected chi connectivity index (χ3v) is 2.23. The van der Waals surface area contributed by atoms with Crippen LogP contribution in [0.25, 0.3) is 0 Å². The van der Waals surface area contributed by atoms with Crippen molar-refractivity contribution >= 4 is 17.5 Å². The van der Waals surface area contributed by atoms with Crippen LogP contribution in [0.4, 0.5) is 0 Å². The number of rotatable bonds is 6. The van der Waals surface area contributed by atoms with Crippen molar-refractivity contribution in [3.8, 4) is 0 Å². The minimum absolute atomic E-state index is 0.135. The highest BCUT2D eigenvalue weighted by Crippen LogP contribution is 1.99. The zero-order valence-electron chi connectivity index (χ0n) is 9.51. The molecule has 6 nitrogen and oxygen atoms in total. The Morgan fingerprint density at radius 1 is 1.44 bits per heavy atom. The molecular weight excluding hydrogens is 208 g/mol. The third kappa shape index (κ3) is 4.39. The summed E-state index contributed by atoms with van der Waals surface area (Å²) in [5, 5.41) is 9.65. The molecule has 1 heterocycles. The summed E-state index contributed by atoms with van der Waals surface area (Å²) in [5.41, 5.74) is 2.71. The van der Waals surface area contributed by atoms with Crippen LogP contribution in [-0.2, 0) is 9.59 Å². The lowest BCUT2D eigenvalue weighted by atomic mass is 10.1. The molecule has 0 radical (unpaired) electrons. The minimum atomic E-state index is -0.184. The van der Waals surface area contributed by atoms with E-state index < -0.39 is 0 Å². The van der Waals surface area contributed by atoms with Crippen molar-refractivity contribution in [3.63, 3.8) is 0 Å². The highest BCUT2D eigenvalue weighted by Gasteiger charge is 2.17. The summed E-state index contributed by atoms with van der Waals surface area (Å²) >= 11 is 0. The van der Waals surface area contributed by atoms with Gasteiger partial charge in [0.25, 0.3) is 5.91 Å². The van der Waals surface area contributed by atoms with Crippen molar-refractivity contribution in [3.05, 3.63) is 0 Å². The van der Waals surface area contributed by atoms with Crippen molar-refractivity contribution in [1.29, 1.82) is 0 Å². The maximum atomic E-state index is 11.5. The van der Waals surface area contributed by atoms with Gasteiger partial charge in [0.1, 0.15) is 5.71 Å². The summed E-state index contributed by atoms with van der Waals surface area (Å²) in [6.45, 7) is 4.49. The average molecular weight is 226 g/mol. The summed E-state index contributed by atoms with van der Waals surface area (Å²) in [5.74, 6) is -0.319. The third-order valence-electron chi connectivity index (χ3n) is 2.23. The molecule has 0 saturated carbocycles. The predicted molar refractivity (Wildman–Crippen MR) is 61.0 cm³/mol. The first-order valence-corrected chi connectivity index (χ1v) is 5.58. The van der Waals surface area contributed by atoms with Gasteiger partial charge >= 0.3 is 0 Å². The van der Waals surface area contributed by atoms with Crippen molar-refractivity contribution < 1.29 is 9.59 Å². The Hall–Kier alpha value is -1.43. The maximum Gasteiger partial charge on any atom is 0.267 e. The summed E-state index contributed by atoms with van der Waals surface area (Å²) in [6.07, 6.45) is 1.65. The van der Waals surface area contributed by atoms with E-state index in [4.69, 9.17) is 0 Å². The molecule has 0 aromatic heterocycles. The summed E-state index contributed by atoms with van der Waals surface area (Å²) < 4.78 is 0. The molecule has 2 amide bonds. The Morgan fingerprint density at radius 2 is 2.25 bits per heavy atom. The molecule has 0 unspecified atom stereocenters. The molecule has 6 heteroatoms. The second kappa shape index (κ2) is 6.95. The second-order valence-electron chi connectivity index (χ2n) is 3.56. The van der Waals surface area contributed by atoms with Crippen molar-refractivity contribution in [1.82, 2.24) is 16.1 Å². The number of amides is 2. The van der Waals surface area contributed by atoms with Crippen LogP contribution < -0.4 is 16.1 Å². The Morgan fingerprint density at radius 3 is 2.88 bits per heavy atom. The van der Waals surface area contributed by atoms with Crippen LogP contribution in [0.15, 0.2) is 5.10 Å². The monoisotopic (exact) mass is 226 g/mol. The molecule has 1 aliphatic rings. The molecule has 0 atom stereocenters. The number of carbonyl (C=O) groups excluding carboxylic acids is 2. The first-order chi connectivity index (χ1) is 7.74. The molecule has 3 N–H and O–H groups in total. The predicted octanol–water partition coefficient (Wildman–Crippen LogP) is -0.632. The lowest BCUT2D eigenvalue weighted by Crippen LogP contribution is -2.37. The van der Waals surface area contributed by atoms with Gasteiger partial charge in [-0.1, -0.05) is 6.92 Å². The smallest absolute Gasteiger partial charge is 0.267 e. The second-order valence-corrected chi connectivity index (χ2v) is 3.56. The van der Waals surface area contributed by atoms with Crippen LogP contribution >= 0.6 is 0 Å². The van der Waals surface area contributed by atoms with Gasteiger partial charge in [0.05, 0.1) is 0 Å². The summed E-state index contributed by atoms with van der Waals surface area (Å²) in [6, 6.07) is 0. The zero-order valence-corrected chi connectivity index (χ0v) is 9.51. The highest BCUT2D eigenvalue weighted by atomic mass is 16.2. The van der Waals surface area contributed by atoms with Crippen LogP contribution in [0.2, 0.25) is 0 Å². The first-order valence-electron chi connectivity index (χ1n) is 5.58. The van der Waals surface area contributed by atoms with Gasteiger partial charge in [-0.25, -0.2) is 5.43 Å². The standard InChI is InChI=1S/C10H18N4O2/c1-2-11-6-3-7-12-10(16)8-4-5-9(15)14-13-8/h11H,2-7H2,1H3,(H,12,16)(H,14,15). The van der Waals surface area contributed by atoms with Gasteiger partial charge in [-0.15, -0.1) is 0 Å². The Kier molecular flexibility index (Phi) is 5.49. The zero-order chi connectivity index (χ0) is 11.8. The van der Waals surface area contributed by atoms with Crippen molar-refractivity contribution in [2.75, 3.05) is 19.6 Å². The number of nitrogens with zero attached hydrogens (tertiary/aromatic N) is 1. The van der Waals surface area contributed by atoms with Gasteiger partial charge in [-0.3, -0.25) is 9.59 Å². The van der Waals surface area contributed by atoms with Gasteiger partial charge in [0, 0.05) is 19.4 Å². The fraction of sp³-hybridized carbons (Fsp3) is 0.700. The Balaban J connectivity index is 2.17. The number of hydrazone groups is 1. The van der Waals surface area contributed by atoms with Crippen LogP contribution in [0, 0.1) is 0 Å². The lowest BCUT2D eigenvalue weighted by molar-refractivity contribution is -0.121. The summed E-state index contributed by atoms with van der Waals surface area (Å²) in [4.78, 5) is 22.3. The average Bonchev–Trinajstić information content (AvgIpc) is 2.29. The van der Waals surface area contributed by atoms with Gasteiger partial charge < -0.3 is 10.6 Å². The fourth-order valence-corrected chi connectivity index (χ4v) is 1.33. The first kappa shape index (κ1) is 12.6. The van der Waals surface area contributed by atoms with E-state index in [1.165, 1.54) is 0 Å². The highest BCUT2D eigenvalue weighted by molar-refractivity contribution is 6.39. The van der Waals surface area contributed by atoms with E-state index >= 15 is 0 Å². The molecule has 90 valence electrons. The Labute approximate surface area is 94.9 Å². The van der Waals surface area contributed by atoms with Gasteiger partial charge in [-0.2, -0.15) is 5.10 Å². The van der Waals surface area contributed by atoms with E-state index in [-0.39, 0.29) is 11.8 Å². The van der Waals surface area contributed by atoms with Gasteiger partial charge in [0.15, 0.2) is 0 Å². The fourth-order valence-electron chi connectivity index (χ4n) is 1.33. The molecule has 0 bridgehead atoms. The number of carbonyl (C=O) groups is 2. The Bertz CT molecular complexity index is 289. The van der Waals surface area contributed by atoms with Crippen LogP contribution in [0.3, 0.4) is 0 Å². The molecule has 0 aromatic carbocycles. The molecule has 0 spiro atoms. The normalized spacial score (nSPS) is 15.3. The van der Waals surface area contributed by atoms with Crippen molar-refractivity contribution in [2.45, 2.75) is 26.2 Å². The number of hydrogen-bond donors (Lipinski definition) is 3.